The van der Waals surface area contributed by atoms with E-state index in [0.717, 1.165) is 5.56 Å². The van der Waals surface area contributed by atoms with Crippen LogP contribution in [0.15, 0.2) is 42.9 Å². The molecule has 0 bridgehead atoms. The monoisotopic (exact) mass is 266 g/mol. The Morgan fingerprint density at radius 2 is 2.05 bits per heavy atom. The van der Waals surface area contributed by atoms with Crippen LogP contribution < -0.4 is 11.1 Å². The molecule has 0 aliphatic rings. The lowest BCUT2D eigenvalue weighted by Gasteiger charge is -2.06. The smallest absolute Gasteiger partial charge is 0.271 e. The van der Waals surface area contributed by atoms with Crippen LogP contribution in [0.5, 0.6) is 0 Å². The van der Waals surface area contributed by atoms with Gasteiger partial charge in [0.05, 0.1) is 12.1 Å². The average Bonchev–Trinajstić information content (AvgIpc) is 2.52. The number of amides is 1. The molecule has 0 saturated heterocycles. The molecule has 0 spiro atoms. The number of aromatic nitrogens is 2. The molecule has 2 rings (SSSR count). The van der Waals surface area contributed by atoms with E-state index in [1.165, 1.54) is 0 Å². The zero-order valence-corrected chi connectivity index (χ0v) is 10.8. The van der Waals surface area contributed by atoms with Crippen molar-refractivity contribution in [2.24, 2.45) is 5.73 Å². The van der Waals surface area contributed by atoms with Gasteiger partial charge in [-0.3, -0.25) is 9.78 Å². The molecule has 5 heteroatoms. The molecule has 0 aliphatic heterocycles. The highest BCUT2D eigenvalue weighted by atomic mass is 16.1. The minimum absolute atomic E-state index is 0.243. The molecule has 0 radical (unpaired) electrons. The molecule has 5 nitrogen and oxygen atoms in total. The van der Waals surface area contributed by atoms with Crippen molar-refractivity contribution in [3.63, 3.8) is 0 Å². The molecule has 0 aliphatic carbocycles. The number of hydrogen-bond donors (Lipinski definition) is 2. The molecule has 0 unspecified atom stereocenters. The Bertz CT molecular complexity index is 644. The Morgan fingerprint density at radius 3 is 2.80 bits per heavy atom. The Morgan fingerprint density at radius 1 is 1.25 bits per heavy atom. The Hall–Kier alpha value is -2.71. The first kappa shape index (κ1) is 13.7. The van der Waals surface area contributed by atoms with Crippen LogP contribution in [0.4, 0.5) is 0 Å². The molecule has 20 heavy (non-hydrogen) atoms. The van der Waals surface area contributed by atoms with Gasteiger partial charge in [0.25, 0.3) is 5.91 Å². The van der Waals surface area contributed by atoms with Crippen LogP contribution in [0.25, 0.3) is 0 Å². The number of nitrogens with zero attached hydrogens (tertiary/aromatic N) is 2. The molecule has 0 saturated carbocycles. The third-order valence-corrected chi connectivity index (χ3v) is 2.55. The van der Waals surface area contributed by atoms with Crippen molar-refractivity contribution in [2.75, 3.05) is 6.54 Å². The van der Waals surface area contributed by atoms with Gasteiger partial charge in [0.2, 0.25) is 0 Å². The molecule has 0 atom stereocenters. The number of hydrogen-bond acceptors (Lipinski definition) is 4. The number of carbonyl (C=O) groups is 1. The fourth-order valence-corrected chi connectivity index (χ4v) is 1.60. The second kappa shape index (κ2) is 7.02. The maximum atomic E-state index is 12.1. The van der Waals surface area contributed by atoms with Crippen molar-refractivity contribution in [2.45, 2.75) is 6.54 Å². The largest absolute Gasteiger partial charge is 0.347 e. The fraction of sp³-hybridized carbons (Fsp3) is 0.133. The Balaban J connectivity index is 2.09. The lowest BCUT2D eigenvalue weighted by Crippen LogP contribution is -2.24. The highest BCUT2D eigenvalue weighted by Crippen LogP contribution is 2.04. The van der Waals surface area contributed by atoms with Crippen LogP contribution in [0, 0.1) is 11.8 Å². The van der Waals surface area contributed by atoms with Crippen LogP contribution in [-0.4, -0.2) is 22.4 Å². The van der Waals surface area contributed by atoms with E-state index in [4.69, 9.17) is 5.73 Å². The molecule has 0 aromatic carbocycles. The fourth-order valence-electron chi connectivity index (χ4n) is 1.60. The average molecular weight is 266 g/mol. The standard InChI is InChI=1S/C15H14N4O/c16-7-1-3-13-4-2-8-18-14(13)15(20)19-11-12-5-9-17-10-6-12/h2,4-6,8-10H,7,11,16H2,(H,19,20). The van der Waals surface area contributed by atoms with Crippen molar-refractivity contribution >= 4 is 5.91 Å². The maximum Gasteiger partial charge on any atom is 0.271 e. The summed E-state index contributed by atoms with van der Waals surface area (Å²) >= 11 is 0. The van der Waals surface area contributed by atoms with Gasteiger partial charge in [0.1, 0.15) is 5.69 Å². The van der Waals surface area contributed by atoms with Crippen molar-refractivity contribution in [3.05, 3.63) is 59.7 Å². The van der Waals surface area contributed by atoms with Gasteiger partial charge in [0, 0.05) is 25.1 Å². The minimum atomic E-state index is -0.260. The molecule has 3 N–H and O–H groups in total. The van der Waals surface area contributed by atoms with E-state index < -0.39 is 0 Å². The van der Waals surface area contributed by atoms with Crippen LogP contribution in [0.3, 0.4) is 0 Å². The Kier molecular flexibility index (Phi) is 4.81. The topological polar surface area (TPSA) is 80.9 Å². The van der Waals surface area contributed by atoms with E-state index in [-0.39, 0.29) is 12.5 Å². The third-order valence-electron chi connectivity index (χ3n) is 2.55. The first-order valence-corrected chi connectivity index (χ1v) is 6.12. The predicted molar refractivity (Wildman–Crippen MR) is 75.6 cm³/mol. The molecule has 100 valence electrons. The summed E-state index contributed by atoms with van der Waals surface area (Å²) in [5.41, 5.74) is 7.19. The van der Waals surface area contributed by atoms with E-state index in [9.17, 15) is 4.79 Å². The lowest BCUT2D eigenvalue weighted by atomic mass is 10.2. The Labute approximate surface area is 117 Å². The van der Waals surface area contributed by atoms with E-state index in [1.54, 1.807) is 30.7 Å². The van der Waals surface area contributed by atoms with Crippen molar-refractivity contribution in [1.82, 2.24) is 15.3 Å². The first-order valence-electron chi connectivity index (χ1n) is 6.12. The number of carbonyl (C=O) groups excluding carboxylic acids is 1. The number of nitrogens with two attached hydrogens (primary N) is 1. The second-order valence-corrected chi connectivity index (χ2v) is 3.94. The summed E-state index contributed by atoms with van der Waals surface area (Å²) < 4.78 is 0. The maximum absolute atomic E-state index is 12.1. The number of nitrogens with one attached hydrogen (secondary N) is 1. The summed E-state index contributed by atoms with van der Waals surface area (Å²) in [7, 11) is 0. The number of rotatable bonds is 3. The van der Waals surface area contributed by atoms with Gasteiger partial charge < -0.3 is 11.1 Å². The van der Waals surface area contributed by atoms with Gasteiger partial charge in [-0.1, -0.05) is 11.8 Å². The number of pyridine rings is 2. The quantitative estimate of drug-likeness (QED) is 0.802. The molecular weight excluding hydrogens is 252 g/mol. The molecule has 2 aromatic rings. The highest BCUT2D eigenvalue weighted by Gasteiger charge is 2.10. The molecular formula is C15H14N4O. The second-order valence-electron chi connectivity index (χ2n) is 3.94. The molecule has 2 aromatic heterocycles. The van der Waals surface area contributed by atoms with Crippen LogP contribution >= 0.6 is 0 Å². The van der Waals surface area contributed by atoms with Gasteiger partial charge in [0.15, 0.2) is 0 Å². The van der Waals surface area contributed by atoms with Gasteiger partial charge in [-0.2, -0.15) is 0 Å². The summed E-state index contributed by atoms with van der Waals surface area (Å²) in [6, 6.07) is 7.17. The zero-order chi connectivity index (χ0) is 14.2. The zero-order valence-electron chi connectivity index (χ0n) is 10.8. The molecule has 2 heterocycles. The summed E-state index contributed by atoms with van der Waals surface area (Å²) in [4.78, 5) is 20.1. The lowest BCUT2D eigenvalue weighted by molar-refractivity contribution is 0.0945. The first-order chi connectivity index (χ1) is 9.81. The summed E-state index contributed by atoms with van der Waals surface area (Å²) in [5.74, 6) is 5.31. The summed E-state index contributed by atoms with van der Waals surface area (Å²) in [5, 5.41) is 2.80. The van der Waals surface area contributed by atoms with Gasteiger partial charge >= 0.3 is 0 Å². The van der Waals surface area contributed by atoms with Crippen molar-refractivity contribution in [3.8, 4) is 11.8 Å². The minimum Gasteiger partial charge on any atom is -0.347 e. The van der Waals surface area contributed by atoms with Crippen LogP contribution in [0.1, 0.15) is 21.6 Å². The normalized spacial score (nSPS) is 9.45. The van der Waals surface area contributed by atoms with Gasteiger partial charge in [-0.25, -0.2) is 4.98 Å². The molecule has 1 amide bonds. The highest BCUT2D eigenvalue weighted by molar-refractivity contribution is 5.94. The van der Waals surface area contributed by atoms with Gasteiger partial charge in [-0.05, 0) is 29.8 Å². The summed E-state index contributed by atoms with van der Waals surface area (Å²) in [6.07, 6.45) is 4.93. The summed E-state index contributed by atoms with van der Waals surface area (Å²) in [6.45, 7) is 0.661. The van der Waals surface area contributed by atoms with Crippen molar-refractivity contribution in [1.29, 1.82) is 0 Å². The predicted octanol–water partition coefficient (Wildman–Crippen LogP) is 0.717. The van der Waals surface area contributed by atoms with E-state index in [0.29, 0.717) is 17.8 Å². The van der Waals surface area contributed by atoms with E-state index in [1.807, 2.05) is 12.1 Å². The van der Waals surface area contributed by atoms with E-state index in [2.05, 4.69) is 27.1 Å². The van der Waals surface area contributed by atoms with E-state index >= 15 is 0 Å². The third kappa shape index (κ3) is 3.64. The van der Waals surface area contributed by atoms with Gasteiger partial charge in [-0.15, -0.1) is 0 Å². The SMILES string of the molecule is NCC#Cc1cccnc1C(=O)NCc1ccncc1. The van der Waals surface area contributed by atoms with Crippen LogP contribution in [-0.2, 0) is 6.54 Å². The van der Waals surface area contributed by atoms with Crippen molar-refractivity contribution < 1.29 is 4.79 Å². The van der Waals surface area contributed by atoms with Crippen LogP contribution in [0.2, 0.25) is 0 Å². The molecule has 0 fully saturated rings.